The molecule has 22 heavy (non-hydrogen) atoms. The van der Waals surface area contributed by atoms with Gasteiger partial charge >= 0.3 is 0 Å². The fraction of sp³-hybridized carbons (Fsp3) is 0.294. The molecule has 0 heterocycles. The topological polar surface area (TPSA) is 32.7 Å². The van der Waals surface area contributed by atoms with Crippen LogP contribution in [0.25, 0.3) is 0 Å². The summed E-state index contributed by atoms with van der Waals surface area (Å²) in [5, 5.41) is 4.45. The maximum atomic E-state index is 11.2. The van der Waals surface area contributed by atoms with Crippen molar-refractivity contribution in [3.05, 3.63) is 74.1 Å². The first-order valence-corrected chi connectivity index (χ1v) is 7.75. The van der Waals surface area contributed by atoms with E-state index in [1.165, 1.54) is 0 Å². The standard InChI is InChI=1S/C17H16Cl2N2O/c1-21(20-22)17-9-7-12(13-4-2-3-5-14(13)17)11-6-8-15(18)16(19)10-11/h2-6,8,10,12,17H,7,9H2,1H3/t12-,17-/m0/s1/i1D3. The summed E-state index contributed by atoms with van der Waals surface area (Å²) in [5.74, 6) is 0.0623. The Morgan fingerprint density at radius 2 is 1.91 bits per heavy atom. The van der Waals surface area contributed by atoms with Gasteiger partial charge in [0, 0.05) is 17.0 Å². The van der Waals surface area contributed by atoms with Gasteiger partial charge in [-0.1, -0.05) is 53.5 Å². The molecule has 1 aliphatic carbocycles. The van der Waals surface area contributed by atoms with Crippen LogP contribution < -0.4 is 0 Å². The molecule has 3 nitrogen and oxygen atoms in total. The van der Waals surface area contributed by atoms with Gasteiger partial charge in [0.25, 0.3) is 0 Å². The van der Waals surface area contributed by atoms with E-state index in [2.05, 4.69) is 5.29 Å². The Morgan fingerprint density at radius 3 is 2.59 bits per heavy atom. The van der Waals surface area contributed by atoms with E-state index in [-0.39, 0.29) is 5.92 Å². The largest absolute Gasteiger partial charge is 0.256 e. The molecule has 0 aromatic heterocycles. The van der Waals surface area contributed by atoms with E-state index in [0.29, 0.717) is 27.9 Å². The minimum Gasteiger partial charge on any atom is -0.256 e. The van der Waals surface area contributed by atoms with Crippen molar-refractivity contribution < 1.29 is 4.11 Å². The Labute approximate surface area is 144 Å². The van der Waals surface area contributed by atoms with E-state index >= 15 is 0 Å². The Kier molecular flexibility index (Phi) is 3.40. The van der Waals surface area contributed by atoms with Crippen molar-refractivity contribution in [2.45, 2.75) is 24.8 Å². The second-order valence-electron chi connectivity index (χ2n) is 5.37. The molecule has 0 saturated carbocycles. The smallest absolute Gasteiger partial charge is 0.0751 e. The zero-order valence-electron chi connectivity index (χ0n) is 14.7. The fourth-order valence-electron chi connectivity index (χ4n) is 3.15. The van der Waals surface area contributed by atoms with Gasteiger partial charge in [0.15, 0.2) is 0 Å². The van der Waals surface area contributed by atoms with E-state index in [4.69, 9.17) is 27.3 Å². The molecule has 1 aliphatic rings. The van der Waals surface area contributed by atoms with Crippen molar-refractivity contribution in [1.29, 1.82) is 0 Å². The molecular formula is C17H16Cl2N2O. The van der Waals surface area contributed by atoms with Gasteiger partial charge in [-0.05, 0) is 41.7 Å². The van der Waals surface area contributed by atoms with Crippen molar-refractivity contribution in [3.63, 3.8) is 0 Å². The van der Waals surface area contributed by atoms with Gasteiger partial charge in [-0.3, -0.25) is 5.01 Å². The van der Waals surface area contributed by atoms with Crippen LogP contribution in [0.4, 0.5) is 0 Å². The number of rotatable bonds is 3. The average Bonchev–Trinajstić information content (AvgIpc) is 2.57. The molecule has 114 valence electrons. The van der Waals surface area contributed by atoms with Crippen LogP contribution in [-0.4, -0.2) is 12.0 Å². The quantitative estimate of drug-likeness (QED) is 0.541. The second-order valence-corrected chi connectivity index (χ2v) is 6.19. The molecule has 0 amide bonds. The first-order valence-electron chi connectivity index (χ1n) is 8.49. The van der Waals surface area contributed by atoms with E-state index in [0.717, 1.165) is 16.7 Å². The van der Waals surface area contributed by atoms with Crippen molar-refractivity contribution in [1.82, 2.24) is 5.01 Å². The van der Waals surface area contributed by atoms with Crippen LogP contribution in [0, 0.1) is 4.91 Å². The highest BCUT2D eigenvalue weighted by molar-refractivity contribution is 6.42. The Bertz CT molecular complexity index is 798. The summed E-state index contributed by atoms with van der Waals surface area (Å²) in [6, 6.07) is 12.5. The van der Waals surface area contributed by atoms with Crippen LogP contribution in [0.5, 0.6) is 0 Å². The number of halogens is 2. The molecule has 0 aliphatic heterocycles. The summed E-state index contributed by atoms with van der Waals surface area (Å²) in [7, 11) is 0. The van der Waals surface area contributed by atoms with Gasteiger partial charge in [-0.25, -0.2) is 0 Å². The van der Waals surface area contributed by atoms with Crippen molar-refractivity contribution in [2.75, 3.05) is 6.98 Å². The molecule has 0 unspecified atom stereocenters. The molecule has 5 heteroatoms. The van der Waals surface area contributed by atoms with Gasteiger partial charge in [0.2, 0.25) is 0 Å². The first kappa shape index (κ1) is 11.9. The van der Waals surface area contributed by atoms with Crippen LogP contribution in [-0.2, 0) is 0 Å². The summed E-state index contributed by atoms with van der Waals surface area (Å²) in [4.78, 5) is 11.2. The third kappa shape index (κ3) is 2.71. The highest BCUT2D eigenvalue weighted by Crippen LogP contribution is 2.44. The second kappa shape index (κ2) is 6.27. The first-order chi connectivity index (χ1) is 11.8. The third-order valence-corrected chi connectivity index (χ3v) is 4.93. The molecule has 3 rings (SSSR count). The molecule has 0 radical (unpaired) electrons. The SMILES string of the molecule is [2H]C([2H])([2H])N(N=O)[C@H]1CC[C@@H](c2ccc(Cl)c(Cl)c2)c2ccccc21. The van der Waals surface area contributed by atoms with E-state index in [9.17, 15) is 4.91 Å². The number of hydrogen-bond donors (Lipinski definition) is 0. The molecule has 2 aromatic carbocycles. The summed E-state index contributed by atoms with van der Waals surface area (Å²) in [6.45, 7) is -2.57. The lowest BCUT2D eigenvalue weighted by atomic mass is 9.76. The Balaban J connectivity index is 2.04. The van der Waals surface area contributed by atoms with Gasteiger partial charge < -0.3 is 0 Å². The zero-order valence-corrected chi connectivity index (χ0v) is 13.2. The highest BCUT2D eigenvalue weighted by atomic mass is 35.5. The number of nitroso groups, excluding NO2 is 1. The maximum absolute atomic E-state index is 11.2. The van der Waals surface area contributed by atoms with E-state index in [1.54, 1.807) is 6.07 Å². The summed E-state index contributed by atoms with van der Waals surface area (Å²) in [5.41, 5.74) is 2.80. The monoisotopic (exact) mass is 337 g/mol. The van der Waals surface area contributed by atoms with Crippen molar-refractivity contribution in [2.24, 2.45) is 5.29 Å². The van der Waals surface area contributed by atoms with Crippen LogP contribution >= 0.6 is 23.2 Å². The molecule has 0 N–H and O–H groups in total. The number of hydrogen-bond acceptors (Lipinski definition) is 2. The molecular weight excluding hydrogens is 319 g/mol. The minimum absolute atomic E-state index is 0.0623. The van der Waals surface area contributed by atoms with Gasteiger partial charge in [0.05, 0.1) is 21.4 Å². The van der Waals surface area contributed by atoms with Crippen LogP contribution in [0.1, 0.15) is 45.6 Å². The number of nitrogens with zero attached hydrogens (tertiary/aromatic N) is 2. The van der Waals surface area contributed by atoms with Gasteiger partial charge in [-0.15, -0.1) is 4.91 Å². The third-order valence-electron chi connectivity index (χ3n) is 4.19. The van der Waals surface area contributed by atoms with Gasteiger partial charge in [-0.2, -0.15) is 0 Å². The lowest BCUT2D eigenvalue weighted by molar-refractivity contribution is 0.223. The van der Waals surface area contributed by atoms with Gasteiger partial charge in [0.1, 0.15) is 0 Å². The normalized spacial score (nSPS) is 22.9. The van der Waals surface area contributed by atoms with E-state index < -0.39 is 13.0 Å². The maximum Gasteiger partial charge on any atom is 0.0751 e. The molecule has 0 bridgehead atoms. The Morgan fingerprint density at radius 1 is 1.14 bits per heavy atom. The zero-order chi connectivity index (χ0) is 18.2. The molecule has 0 fully saturated rings. The molecule has 0 saturated heterocycles. The minimum atomic E-state index is -2.57. The number of benzene rings is 2. The van der Waals surface area contributed by atoms with Crippen LogP contribution in [0.15, 0.2) is 47.8 Å². The van der Waals surface area contributed by atoms with E-state index in [1.807, 2.05) is 36.4 Å². The summed E-state index contributed by atoms with van der Waals surface area (Å²) in [6.07, 6.45) is 1.19. The van der Waals surface area contributed by atoms with Crippen LogP contribution in [0.3, 0.4) is 0 Å². The highest BCUT2D eigenvalue weighted by Gasteiger charge is 2.30. The number of fused-ring (bicyclic) bond motifs is 1. The molecule has 2 atom stereocenters. The lowest BCUT2D eigenvalue weighted by Crippen LogP contribution is -2.25. The Hall–Kier alpha value is -1.58. The summed E-state index contributed by atoms with van der Waals surface area (Å²) < 4.78 is 22.7. The molecule has 0 spiro atoms. The predicted octanol–water partition coefficient (Wildman–Crippen LogP) is 5.57. The fourth-order valence-corrected chi connectivity index (χ4v) is 3.46. The lowest BCUT2D eigenvalue weighted by Gasteiger charge is -2.34. The van der Waals surface area contributed by atoms with Crippen LogP contribution in [0.2, 0.25) is 10.0 Å². The van der Waals surface area contributed by atoms with Crippen molar-refractivity contribution >= 4 is 23.2 Å². The average molecular weight is 338 g/mol. The van der Waals surface area contributed by atoms with Crippen molar-refractivity contribution in [3.8, 4) is 0 Å². The molecule has 2 aromatic rings. The predicted molar refractivity (Wildman–Crippen MR) is 90.3 cm³/mol. The summed E-state index contributed by atoms with van der Waals surface area (Å²) >= 11 is 12.2.